The second-order valence-corrected chi connectivity index (χ2v) is 5.69. The van der Waals surface area contributed by atoms with Gasteiger partial charge in [0.15, 0.2) is 5.78 Å². The third-order valence-corrected chi connectivity index (χ3v) is 3.59. The van der Waals surface area contributed by atoms with Gasteiger partial charge < -0.3 is 9.64 Å². The zero-order valence-electron chi connectivity index (χ0n) is 11.9. The Balaban J connectivity index is 2.54. The summed E-state index contributed by atoms with van der Waals surface area (Å²) < 4.78 is 19.2. The van der Waals surface area contributed by atoms with Crippen LogP contribution < -0.4 is 4.90 Å². The minimum absolute atomic E-state index is 0.115. The molecule has 0 amide bonds. The molecule has 0 saturated carbocycles. The first-order valence-corrected chi connectivity index (χ1v) is 6.49. The fraction of sp³-hybridized carbons (Fsp3) is 0.533. The van der Waals surface area contributed by atoms with Crippen LogP contribution in [0, 0.1) is 12.7 Å². The lowest BCUT2D eigenvalue weighted by Crippen LogP contribution is -2.53. The summed E-state index contributed by atoms with van der Waals surface area (Å²) in [6, 6.07) is 3.11. The van der Waals surface area contributed by atoms with Gasteiger partial charge in [0, 0.05) is 17.8 Å². The summed E-state index contributed by atoms with van der Waals surface area (Å²) in [5.41, 5.74) is 1.60. The molecule has 1 heterocycles. The lowest BCUT2D eigenvalue weighted by atomic mass is 9.97. The molecular weight excluding hydrogens is 245 g/mol. The van der Waals surface area contributed by atoms with Crippen LogP contribution in [-0.2, 0) is 4.74 Å². The molecule has 0 aliphatic carbocycles. The molecule has 2 rings (SSSR count). The van der Waals surface area contributed by atoms with E-state index in [1.165, 1.54) is 13.0 Å². The summed E-state index contributed by atoms with van der Waals surface area (Å²) in [5.74, 6) is -0.448. The molecule has 0 spiro atoms. The molecule has 1 aliphatic heterocycles. The Morgan fingerprint density at radius 3 is 2.68 bits per heavy atom. The lowest BCUT2D eigenvalue weighted by molar-refractivity contribution is 0.0642. The predicted molar refractivity (Wildman–Crippen MR) is 73.4 cm³/mol. The number of hydrogen-bond acceptors (Lipinski definition) is 3. The molecule has 0 N–H and O–H groups in total. The normalized spacial score (nSPS) is 18.5. The van der Waals surface area contributed by atoms with Crippen molar-refractivity contribution < 1.29 is 13.9 Å². The molecule has 0 radical (unpaired) electrons. The van der Waals surface area contributed by atoms with Crippen LogP contribution in [0.3, 0.4) is 0 Å². The van der Waals surface area contributed by atoms with E-state index in [1.807, 2.05) is 0 Å². The van der Waals surface area contributed by atoms with E-state index in [2.05, 4.69) is 18.7 Å². The largest absolute Gasteiger partial charge is 0.377 e. The summed E-state index contributed by atoms with van der Waals surface area (Å²) in [6.45, 7) is 9.25. The highest BCUT2D eigenvalue weighted by atomic mass is 19.1. The number of carbonyl (C=O) groups excluding carboxylic acids is 1. The van der Waals surface area contributed by atoms with Crippen molar-refractivity contribution in [1.29, 1.82) is 0 Å². The molecule has 0 unspecified atom stereocenters. The highest BCUT2D eigenvalue weighted by Gasteiger charge is 2.32. The second kappa shape index (κ2) is 4.93. The standard InChI is InChI=1S/C15H20FNO2/c1-10-7-14(12(11(2)18)8-13(10)16)17-5-6-19-9-15(17,3)4/h7-8H,5-6,9H2,1-4H3. The first-order valence-electron chi connectivity index (χ1n) is 6.49. The summed E-state index contributed by atoms with van der Waals surface area (Å²) in [5, 5.41) is 0. The van der Waals surface area contributed by atoms with Gasteiger partial charge in [-0.25, -0.2) is 4.39 Å². The number of hydrogen-bond donors (Lipinski definition) is 0. The molecule has 19 heavy (non-hydrogen) atoms. The average molecular weight is 265 g/mol. The number of ketones is 1. The minimum atomic E-state index is -0.333. The average Bonchev–Trinajstić information content (AvgIpc) is 2.31. The molecule has 4 heteroatoms. The van der Waals surface area contributed by atoms with Crippen LogP contribution in [0.15, 0.2) is 12.1 Å². The van der Waals surface area contributed by atoms with E-state index in [-0.39, 0.29) is 17.1 Å². The Labute approximate surface area is 113 Å². The van der Waals surface area contributed by atoms with E-state index in [0.717, 1.165) is 5.69 Å². The van der Waals surface area contributed by atoms with Crippen LogP contribution in [0.25, 0.3) is 0 Å². The minimum Gasteiger partial charge on any atom is -0.377 e. The zero-order valence-corrected chi connectivity index (χ0v) is 11.9. The third-order valence-electron chi connectivity index (χ3n) is 3.59. The second-order valence-electron chi connectivity index (χ2n) is 5.69. The third kappa shape index (κ3) is 2.63. The Kier molecular flexibility index (Phi) is 3.63. The molecule has 104 valence electrons. The van der Waals surface area contributed by atoms with Gasteiger partial charge in [0.25, 0.3) is 0 Å². The van der Waals surface area contributed by atoms with Gasteiger partial charge >= 0.3 is 0 Å². The molecule has 1 saturated heterocycles. The van der Waals surface area contributed by atoms with E-state index in [9.17, 15) is 9.18 Å². The van der Waals surface area contributed by atoms with Crippen molar-refractivity contribution in [2.75, 3.05) is 24.7 Å². The maximum absolute atomic E-state index is 13.7. The Hall–Kier alpha value is -1.42. The molecular formula is C15H20FNO2. The Bertz CT molecular complexity index is 511. The van der Waals surface area contributed by atoms with Crippen LogP contribution in [0.4, 0.5) is 10.1 Å². The monoisotopic (exact) mass is 265 g/mol. The maximum Gasteiger partial charge on any atom is 0.161 e. The molecule has 0 bridgehead atoms. The SMILES string of the molecule is CC(=O)c1cc(F)c(C)cc1N1CCOCC1(C)C. The number of ether oxygens (including phenoxy) is 1. The van der Waals surface area contributed by atoms with Crippen molar-refractivity contribution in [3.05, 3.63) is 29.1 Å². The van der Waals surface area contributed by atoms with Gasteiger partial charge in [-0.15, -0.1) is 0 Å². The van der Waals surface area contributed by atoms with E-state index in [1.54, 1.807) is 13.0 Å². The van der Waals surface area contributed by atoms with E-state index < -0.39 is 0 Å². The predicted octanol–water partition coefficient (Wildman–Crippen LogP) is 2.95. The van der Waals surface area contributed by atoms with Gasteiger partial charge in [0.1, 0.15) is 5.82 Å². The highest BCUT2D eigenvalue weighted by Crippen LogP contribution is 2.32. The van der Waals surface area contributed by atoms with Gasteiger partial charge in [-0.3, -0.25) is 4.79 Å². The summed E-state index contributed by atoms with van der Waals surface area (Å²) in [4.78, 5) is 13.9. The van der Waals surface area contributed by atoms with Crippen LogP contribution in [0.1, 0.15) is 36.7 Å². The number of rotatable bonds is 2. The van der Waals surface area contributed by atoms with Crippen molar-refractivity contribution in [3.8, 4) is 0 Å². The number of aryl methyl sites for hydroxylation is 1. The number of benzene rings is 1. The summed E-state index contributed by atoms with van der Waals surface area (Å²) in [7, 11) is 0. The van der Waals surface area contributed by atoms with Crippen molar-refractivity contribution in [2.24, 2.45) is 0 Å². The van der Waals surface area contributed by atoms with Gasteiger partial charge in [0.2, 0.25) is 0 Å². The smallest absolute Gasteiger partial charge is 0.161 e. The van der Waals surface area contributed by atoms with Gasteiger partial charge in [0.05, 0.1) is 18.8 Å². The van der Waals surface area contributed by atoms with Crippen LogP contribution in [0.2, 0.25) is 0 Å². The van der Waals surface area contributed by atoms with Crippen LogP contribution in [0.5, 0.6) is 0 Å². The van der Waals surface area contributed by atoms with Crippen molar-refractivity contribution in [1.82, 2.24) is 0 Å². The van der Waals surface area contributed by atoms with Crippen molar-refractivity contribution >= 4 is 11.5 Å². The van der Waals surface area contributed by atoms with Crippen LogP contribution >= 0.6 is 0 Å². The van der Waals surface area contributed by atoms with E-state index in [4.69, 9.17) is 4.74 Å². The first kappa shape index (κ1) is 14.0. The summed E-state index contributed by atoms with van der Waals surface area (Å²) in [6.07, 6.45) is 0. The fourth-order valence-electron chi connectivity index (χ4n) is 2.48. The molecule has 1 aromatic carbocycles. The quantitative estimate of drug-likeness (QED) is 0.770. The van der Waals surface area contributed by atoms with Crippen molar-refractivity contribution in [3.63, 3.8) is 0 Å². The number of morpholine rings is 1. The summed E-state index contributed by atoms with van der Waals surface area (Å²) >= 11 is 0. The number of halogens is 1. The first-order chi connectivity index (χ1) is 8.83. The lowest BCUT2D eigenvalue weighted by Gasteiger charge is -2.44. The van der Waals surface area contributed by atoms with Gasteiger partial charge in [-0.1, -0.05) is 0 Å². The van der Waals surface area contributed by atoms with E-state index in [0.29, 0.717) is 30.9 Å². The zero-order chi connectivity index (χ0) is 14.2. The van der Waals surface area contributed by atoms with E-state index >= 15 is 0 Å². The molecule has 1 aliphatic rings. The number of Topliss-reactive ketones (excluding diaryl/α,β-unsaturated/α-hetero) is 1. The topological polar surface area (TPSA) is 29.5 Å². The highest BCUT2D eigenvalue weighted by molar-refractivity contribution is 6.00. The number of nitrogens with zero attached hydrogens (tertiary/aromatic N) is 1. The van der Waals surface area contributed by atoms with Gasteiger partial charge in [-0.2, -0.15) is 0 Å². The molecule has 1 aromatic rings. The fourth-order valence-corrected chi connectivity index (χ4v) is 2.48. The maximum atomic E-state index is 13.7. The molecule has 3 nitrogen and oxygen atoms in total. The van der Waals surface area contributed by atoms with Gasteiger partial charge in [-0.05, 0) is 45.4 Å². The number of carbonyl (C=O) groups is 1. The number of anilines is 1. The molecule has 0 atom stereocenters. The van der Waals surface area contributed by atoms with Crippen LogP contribution in [-0.4, -0.2) is 31.1 Å². The Morgan fingerprint density at radius 2 is 2.11 bits per heavy atom. The molecule has 1 fully saturated rings. The Morgan fingerprint density at radius 1 is 1.42 bits per heavy atom. The molecule has 0 aromatic heterocycles. The van der Waals surface area contributed by atoms with Crippen molar-refractivity contribution in [2.45, 2.75) is 33.2 Å².